The molecule has 6 nitrogen and oxygen atoms in total. The molecular weight excluding hydrogens is 252 g/mol. The van der Waals surface area contributed by atoms with Gasteiger partial charge in [-0.05, 0) is 12.5 Å². The molecule has 0 aromatic carbocycles. The Morgan fingerprint density at radius 2 is 1.62 bits per heavy atom. The van der Waals surface area contributed by atoms with Crippen LogP contribution in [0.5, 0.6) is 0 Å². The molecule has 0 radical (unpaired) electrons. The molecule has 0 aliphatic rings. The minimum atomic E-state index is -2.61. The fraction of sp³-hybridized carbons (Fsp3) is 0.750. The summed E-state index contributed by atoms with van der Waals surface area (Å²) in [5.41, 5.74) is 0. The van der Waals surface area contributed by atoms with Crippen molar-refractivity contribution >= 4 is 21.0 Å². The van der Waals surface area contributed by atoms with Crippen molar-refractivity contribution in [1.29, 1.82) is 0 Å². The zero-order chi connectivity index (χ0) is 12.6. The predicted molar refractivity (Wildman–Crippen MR) is 57.8 cm³/mol. The monoisotopic (exact) mass is 268 g/mol. The first-order valence-corrected chi connectivity index (χ1v) is 6.95. The zero-order valence-electron chi connectivity index (χ0n) is 9.16. The van der Waals surface area contributed by atoms with Crippen LogP contribution in [-0.4, -0.2) is 38.0 Å². The Bertz CT molecular complexity index is 486. The minimum Gasteiger partial charge on any atom is -0.118 e. The number of unbranched alkanes of at least 4 members (excludes halogenated alkanes) is 2. The molecule has 0 saturated carbocycles. The first kappa shape index (κ1) is 15.0. The number of nitrogens with zero attached hydrogens (tertiary/aromatic N) is 2. The average Bonchev–Trinajstić information content (AvgIpc) is 2.21. The van der Waals surface area contributed by atoms with Gasteiger partial charge in [0.1, 0.15) is 0 Å². The summed E-state index contributed by atoms with van der Waals surface area (Å²) < 4.78 is 45.0. The molecule has 0 saturated heterocycles. The van der Waals surface area contributed by atoms with Crippen LogP contribution in [0.3, 0.4) is 0 Å². The lowest BCUT2D eigenvalue weighted by molar-refractivity contribution is -1.08. The number of rotatable bonds is 7. The van der Waals surface area contributed by atoms with Gasteiger partial charge in [0.25, 0.3) is 6.54 Å². The summed E-state index contributed by atoms with van der Waals surface area (Å²) in [5.74, 6) is 0. The van der Waals surface area contributed by atoms with E-state index >= 15 is 0 Å². The topological polar surface area (TPSA) is 74.3 Å². The van der Waals surface area contributed by atoms with Gasteiger partial charge in [0.05, 0.1) is 0 Å². The number of hydrogen-bond donors (Lipinski definition) is 0. The Labute approximate surface area is 98.2 Å². The third-order valence-corrected chi connectivity index (χ3v) is 3.35. The van der Waals surface area contributed by atoms with Crippen LogP contribution >= 0.6 is 0 Å². The number of hydrogen-bond acceptors (Lipinski definition) is 4. The van der Waals surface area contributed by atoms with Crippen LogP contribution in [0.2, 0.25) is 0 Å². The smallest absolute Gasteiger partial charge is 0.118 e. The van der Waals surface area contributed by atoms with Gasteiger partial charge >= 0.3 is 21.0 Å². The van der Waals surface area contributed by atoms with Crippen molar-refractivity contribution in [2.75, 3.05) is 13.1 Å². The van der Waals surface area contributed by atoms with Crippen molar-refractivity contribution in [2.45, 2.75) is 26.2 Å². The lowest BCUT2D eigenvalue weighted by Gasteiger charge is -1.89. The maximum absolute atomic E-state index is 10.9. The Morgan fingerprint density at radius 3 is 2.00 bits per heavy atom. The molecule has 0 N–H and O–H groups in total. The van der Waals surface area contributed by atoms with Crippen molar-refractivity contribution in [1.82, 2.24) is 0 Å². The fourth-order valence-corrected chi connectivity index (χ4v) is 2.37. The third-order valence-electron chi connectivity index (χ3n) is 1.83. The van der Waals surface area contributed by atoms with E-state index in [-0.39, 0.29) is 13.1 Å². The molecule has 0 heterocycles. The summed E-state index contributed by atoms with van der Waals surface area (Å²) in [7, 11) is -5.20. The Hall–Kier alpha value is -1.02. The molecule has 0 unspecified atom stereocenters. The van der Waals surface area contributed by atoms with E-state index in [1.54, 1.807) is 0 Å². The highest BCUT2D eigenvalue weighted by molar-refractivity contribution is 7.60. The second-order valence-electron chi connectivity index (χ2n) is 3.04. The molecule has 0 aromatic heterocycles. The molecule has 0 rings (SSSR count). The summed E-state index contributed by atoms with van der Waals surface area (Å²) in [6.07, 6.45) is 3.73. The van der Waals surface area contributed by atoms with E-state index in [2.05, 4.69) is 6.58 Å². The molecule has 0 aliphatic carbocycles. The predicted octanol–water partition coefficient (Wildman–Crippen LogP) is 0.428. The van der Waals surface area contributed by atoms with Gasteiger partial charge in [-0.15, -0.1) is 16.8 Å². The highest BCUT2D eigenvalue weighted by atomic mass is 32.2. The first-order valence-electron chi connectivity index (χ1n) is 4.89. The van der Waals surface area contributed by atoms with Gasteiger partial charge in [-0.2, -0.15) is 0 Å². The van der Waals surface area contributed by atoms with Crippen LogP contribution in [0.15, 0.2) is 12.7 Å². The van der Waals surface area contributed by atoms with Gasteiger partial charge in [-0.25, -0.2) is 0 Å². The molecule has 0 atom stereocenters. The van der Waals surface area contributed by atoms with E-state index in [1.807, 2.05) is 6.92 Å². The third kappa shape index (κ3) is 5.17. The molecule has 0 fully saturated rings. The van der Waals surface area contributed by atoms with Crippen molar-refractivity contribution in [3.05, 3.63) is 12.7 Å². The molecule has 92 valence electrons. The Balaban J connectivity index is 5.16. The second kappa shape index (κ2) is 8.17. The summed E-state index contributed by atoms with van der Waals surface area (Å²) in [5, 5.41) is 0. The van der Waals surface area contributed by atoms with Gasteiger partial charge in [0.2, 0.25) is 6.54 Å². The molecule has 0 amide bonds. The van der Waals surface area contributed by atoms with Crippen molar-refractivity contribution in [2.24, 2.45) is 0 Å². The molecule has 0 aliphatic heterocycles. The lowest BCUT2D eigenvalue weighted by atomic mass is 10.2. The molecule has 0 spiro atoms. The Kier molecular flexibility index (Phi) is 7.65. The van der Waals surface area contributed by atoms with Crippen LogP contribution in [0.1, 0.15) is 26.2 Å². The second-order valence-corrected chi connectivity index (χ2v) is 4.75. The summed E-state index contributed by atoms with van der Waals surface area (Å²) >= 11 is 0. The maximum atomic E-state index is 10.9. The van der Waals surface area contributed by atoms with E-state index in [0.29, 0.717) is 6.42 Å². The molecule has 0 aromatic rings. The van der Waals surface area contributed by atoms with Gasteiger partial charge in [-0.1, -0.05) is 19.9 Å². The largest absolute Gasteiger partial charge is 0.527 e. The highest BCUT2D eigenvalue weighted by Gasteiger charge is 2.25. The minimum absolute atomic E-state index is 0.0593. The molecule has 8 heteroatoms. The highest BCUT2D eigenvalue weighted by Crippen LogP contribution is 1.95. The number of hydrazine groups is 1. The Morgan fingerprint density at radius 1 is 1.06 bits per heavy atom. The standard InChI is InChI=1S/C8H16N2O4S2/c1-3-5-6-8-10(16(13)14)9(7-4-2)15(11)12/h4H,2-3,5-8H2,1H3/q+2. The lowest BCUT2D eigenvalue weighted by Crippen LogP contribution is -2.26. The normalized spacial score (nSPS) is 9.56. The molecule has 0 bridgehead atoms. The van der Waals surface area contributed by atoms with Crippen LogP contribution in [0.25, 0.3) is 0 Å². The van der Waals surface area contributed by atoms with E-state index in [0.717, 1.165) is 21.0 Å². The quantitative estimate of drug-likeness (QED) is 0.290. The van der Waals surface area contributed by atoms with Crippen LogP contribution in [0.4, 0.5) is 0 Å². The van der Waals surface area contributed by atoms with Gasteiger partial charge < -0.3 is 0 Å². The summed E-state index contributed by atoms with van der Waals surface area (Å²) in [4.78, 5) is 0. The van der Waals surface area contributed by atoms with E-state index in [9.17, 15) is 16.8 Å². The van der Waals surface area contributed by atoms with Gasteiger partial charge in [0, 0.05) is 6.42 Å². The first-order chi connectivity index (χ1) is 7.54. The average molecular weight is 268 g/mol. The summed E-state index contributed by atoms with van der Waals surface area (Å²) in [6, 6.07) is 0. The molecular formula is C8H16N2O4S2+2. The van der Waals surface area contributed by atoms with E-state index in [1.165, 1.54) is 6.08 Å². The van der Waals surface area contributed by atoms with Crippen molar-refractivity contribution in [3.63, 3.8) is 0 Å². The van der Waals surface area contributed by atoms with Crippen LogP contribution in [-0.2, 0) is 21.0 Å². The fourth-order valence-electron chi connectivity index (χ4n) is 1.09. The van der Waals surface area contributed by atoms with Gasteiger partial charge in [0.15, 0.2) is 8.11 Å². The van der Waals surface area contributed by atoms with Gasteiger partial charge in [-0.3, -0.25) is 0 Å². The maximum Gasteiger partial charge on any atom is 0.527 e. The van der Waals surface area contributed by atoms with Crippen LogP contribution < -0.4 is 0 Å². The summed E-state index contributed by atoms with van der Waals surface area (Å²) in [6.45, 7) is 5.46. The van der Waals surface area contributed by atoms with Crippen molar-refractivity contribution < 1.29 is 24.9 Å². The SMILES string of the molecule is C=CC[N+]([N+](CCCCC)=S(=O)=O)=S(=O)=O. The van der Waals surface area contributed by atoms with E-state index < -0.39 is 21.0 Å². The zero-order valence-corrected chi connectivity index (χ0v) is 10.8. The van der Waals surface area contributed by atoms with Crippen molar-refractivity contribution in [3.8, 4) is 0 Å². The van der Waals surface area contributed by atoms with E-state index in [4.69, 9.17) is 0 Å². The van der Waals surface area contributed by atoms with Crippen LogP contribution in [0, 0.1) is 0 Å². The molecule has 16 heavy (non-hydrogen) atoms.